The van der Waals surface area contributed by atoms with E-state index >= 15 is 0 Å². The maximum Gasteiger partial charge on any atom is 0.233 e. The van der Waals surface area contributed by atoms with Crippen LogP contribution in [0, 0.1) is 35.5 Å². The van der Waals surface area contributed by atoms with Crippen LogP contribution in [0.25, 0.3) is 0 Å². The highest BCUT2D eigenvalue weighted by molar-refractivity contribution is 14.2. The third-order valence-electron chi connectivity index (χ3n) is 8.32. The fraction of sp³-hybridized carbons (Fsp3) is 0.826. The molecule has 4 rings (SSSR count). The fourth-order valence-corrected chi connectivity index (χ4v) is 7.35. The van der Waals surface area contributed by atoms with E-state index < -0.39 is 21.0 Å². The maximum absolute atomic E-state index is 13.2. The van der Waals surface area contributed by atoms with Gasteiger partial charge in [0.25, 0.3) is 0 Å². The van der Waals surface area contributed by atoms with Crippen molar-refractivity contribution in [2.45, 2.75) is 83.6 Å². The minimum atomic E-state index is -0.540. The van der Waals surface area contributed by atoms with Crippen LogP contribution in [-0.2, 0) is 14.4 Å². The zero-order chi connectivity index (χ0) is 20.5. The van der Waals surface area contributed by atoms with Crippen LogP contribution < -0.4 is 3.53 Å². The van der Waals surface area contributed by atoms with E-state index in [2.05, 4.69) is 15.0 Å². The molecule has 3 unspecified atom stereocenters. The molecule has 0 aromatic carbocycles. The molecule has 0 spiro atoms. The molecule has 4 aliphatic rings. The molecule has 5 nitrogen and oxygen atoms in total. The molecule has 0 bridgehead atoms. The molecule has 4 fully saturated rings. The van der Waals surface area contributed by atoms with Crippen molar-refractivity contribution in [2.75, 3.05) is 0 Å². The molecule has 1 heterocycles. The number of fused-ring (bicyclic) bond motifs is 1. The van der Waals surface area contributed by atoms with Crippen molar-refractivity contribution in [3.63, 3.8) is 0 Å². The third-order valence-corrected chi connectivity index (χ3v) is 9.24. The number of carbonyl (C=O) groups excluding carboxylic acids is 3. The largest absolute Gasteiger partial charge is 0.304 e. The van der Waals surface area contributed by atoms with Crippen molar-refractivity contribution in [3.8, 4) is 0 Å². The monoisotopic (exact) mass is 514 g/mol. The zero-order valence-corrected chi connectivity index (χ0v) is 19.7. The molecule has 1 N–H and O–H groups in total. The minimum absolute atomic E-state index is 0.0109. The normalized spacial score (nSPS) is 40.6. The van der Waals surface area contributed by atoms with Gasteiger partial charge in [0.1, 0.15) is 0 Å². The van der Waals surface area contributed by atoms with Crippen molar-refractivity contribution >= 4 is 43.2 Å². The minimum Gasteiger partial charge on any atom is -0.304 e. The zero-order valence-electron chi connectivity index (χ0n) is 17.6. The van der Waals surface area contributed by atoms with Gasteiger partial charge in [0.05, 0.1) is 11.8 Å². The van der Waals surface area contributed by atoms with E-state index in [0.29, 0.717) is 12.8 Å². The molecule has 6 heteroatoms. The Morgan fingerprint density at radius 1 is 0.897 bits per heavy atom. The van der Waals surface area contributed by atoms with E-state index in [1.54, 1.807) is 4.90 Å². The molecule has 0 aromatic heterocycles. The first kappa shape index (κ1) is 21.4. The van der Waals surface area contributed by atoms with Crippen LogP contribution in [0.15, 0.2) is 0 Å². The van der Waals surface area contributed by atoms with Crippen LogP contribution in [0.1, 0.15) is 77.6 Å². The molecule has 3 atom stereocenters. The highest BCUT2D eigenvalue weighted by Crippen LogP contribution is 2.45. The molecular weight excluding hydrogens is 479 g/mol. The van der Waals surface area contributed by atoms with E-state index in [9.17, 15) is 14.4 Å². The number of halogens is 1. The first-order valence-corrected chi connectivity index (χ1v) is 14.1. The Morgan fingerprint density at radius 2 is 1.48 bits per heavy atom. The summed E-state index contributed by atoms with van der Waals surface area (Å²) in [6, 6.07) is 0.0948. The van der Waals surface area contributed by atoms with Gasteiger partial charge < -0.3 is 3.53 Å². The van der Waals surface area contributed by atoms with Crippen molar-refractivity contribution in [1.29, 1.82) is 0 Å². The Balaban J connectivity index is 1.35. The van der Waals surface area contributed by atoms with Crippen molar-refractivity contribution in [1.82, 2.24) is 8.43 Å². The van der Waals surface area contributed by atoms with Crippen molar-refractivity contribution in [2.24, 2.45) is 35.5 Å². The fourth-order valence-electron chi connectivity index (χ4n) is 6.53. The van der Waals surface area contributed by atoms with Gasteiger partial charge in [-0.2, -0.15) is 0 Å². The Bertz CT molecular complexity index is 665. The van der Waals surface area contributed by atoms with Crippen LogP contribution in [0.2, 0.25) is 0 Å². The summed E-state index contributed by atoms with van der Waals surface area (Å²) in [7, 11) is 0. The standard InChI is InChI=1S/C23H35IN2O3/c1-14-3-5-15(6-4-14)16-7-10-18(11-8-16)26-22(28)19-12-9-17(21(27)25-24-2)13-20(19)23(26)29/h14-20H,2-13H2,1H3,(H,25,27). The van der Waals surface area contributed by atoms with Gasteiger partial charge in [0.2, 0.25) is 17.7 Å². The average molecular weight is 514 g/mol. The number of likely N-dealkylation sites (tertiary alicyclic amines) is 1. The Kier molecular flexibility index (Phi) is 6.76. The highest BCUT2D eigenvalue weighted by Gasteiger charge is 2.53. The Hall–Kier alpha value is -0.790. The third kappa shape index (κ3) is 4.33. The smallest absolute Gasteiger partial charge is 0.233 e. The number of amides is 3. The molecule has 3 amide bonds. The predicted octanol–water partition coefficient (Wildman–Crippen LogP) is 4.21. The van der Waals surface area contributed by atoms with E-state index in [0.717, 1.165) is 49.9 Å². The molecule has 3 saturated carbocycles. The van der Waals surface area contributed by atoms with Gasteiger partial charge in [-0.05, 0) is 101 Å². The molecular formula is C23H35IN2O3. The van der Waals surface area contributed by atoms with Crippen LogP contribution >= 0.6 is 21.0 Å². The lowest BCUT2D eigenvalue weighted by Crippen LogP contribution is -2.43. The van der Waals surface area contributed by atoms with Gasteiger partial charge in [-0.1, -0.05) is 19.8 Å². The second-order valence-electron chi connectivity index (χ2n) is 9.95. The van der Waals surface area contributed by atoms with Crippen LogP contribution in [0.3, 0.4) is 0 Å². The molecule has 29 heavy (non-hydrogen) atoms. The summed E-state index contributed by atoms with van der Waals surface area (Å²) in [4.78, 5) is 40.1. The van der Waals surface area contributed by atoms with E-state index in [4.69, 9.17) is 0 Å². The summed E-state index contributed by atoms with van der Waals surface area (Å²) in [5, 5.41) is 0. The maximum atomic E-state index is 13.2. The highest BCUT2D eigenvalue weighted by atomic mass is 127. The Labute approximate surface area is 184 Å². The number of nitrogens with one attached hydrogen (secondary N) is 1. The lowest BCUT2D eigenvalue weighted by molar-refractivity contribution is -0.143. The lowest BCUT2D eigenvalue weighted by Gasteiger charge is -2.39. The van der Waals surface area contributed by atoms with Crippen molar-refractivity contribution < 1.29 is 14.4 Å². The quantitative estimate of drug-likeness (QED) is 0.348. The summed E-state index contributed by atoms with van der Waals surface area (Å²) >= 11 is -0.540. The number of hydrogen-bond acceptors (Lipinski definition) is 3. The number of carbonyl (C=O) groups is 3. The number of rotatable bonds is 4. The SMILES string of the molecule is C=INC(=O)C1CCC2C(=O)N(C3CCC(C4CCC(C)CC4)CC3)C(=O)C2C1. The van der Waals surface area contributed by atoms with Crippen LogP contribution in [-0.4, -0.2) is 33.2 Å². The van der Waals surface area contributed by atoms with E-state index in [-0.39, 0.29) is 41.5 Å². The van der Waals surface area contributed by atoms with Gasteiger partial charge in [-0.25, -0.2) is 0 Å². The summed E-state index contributed by atoms with van der Waals surface area (Å²) in [5.41, 5.74) is 0. The van der Waals surface area contributed by atoms with Gasteiger partial charge in [-0.3, -0.25) is 19.3 Å². The van der Waals surface area contributed by atoms with E-state index in [1.807, 2.05) is 0 Å². The number of nitrogens with zero attached hydrogens (tertiary/aromatic N) is 1. The average Bonchev–Trinajstić information content (AvgIpc) is 2.99. The molecule has 1 saturated heterocycles. The van der Waals surface area contributed by atoms with Gasteiger partial charge in [0.15, 0.2) is 0 Å². The number of imide groups is 1. The summed E-state index contributed by atoms with van der Waals surface area (Å²) in [5.74, 6) is 2.04. The molecule has 162 valence electrons. The molecule has 0 aromatic rings. The van der Waals surface area contributed by atoms with Crippen LogP contribution in [0.4, 0.5) is 0 Å². The predicted molar refractivity (Wildman–Crippen MR) is 122 cm³/mol. The Morgan fingerprint density at radius 3 is 2.10 bits per heavy atom. The first-order valence-electron chi connectivity index (χ1n) is 11.5. The lowest BCUT2D eigenvalue weighted by atomic mass is 9.70. The van der Waals surface area contributed by atoms with Crippen molar-refractivity contribution in [3.05, 3.63) is 0 Å². The second-order valence-corrected chi connectivity index (χ2v) is 11.3. The van der Waals surface area contributed by atoms with E-state index in [1.165, 1.54) is 25.7 Å². The van der Waals surface area contributed by atoms with Gasteiger partial charge >= 0.3 is 0 Å². The number of hydrogen-bond donors (Lipinski definition) is 1. The first-order chi connectivity index (χ1) is 14.0. The van der Waals surface area contributed by atoms with Crippen LogP contribution in [0.5, 0.6) is 0 Å². The summed E-state index contributed by atoms with van der Waals surface area (Å²) in [6.07, 6.45) is 11.7. The summed E-state index contributed by atoms with van der Waals surface area (Å²) < 4.78 is 6.66. The molecule has 0 radical (unpaired) electrons. The second kappa shape index (κ2) is 9.15. The van der Waals surface area contributed by atoms with Gasteiger partial charge in [0, 0.05) is 12.0 Å². The summed E-state index contributed by atoms with van der Waals surface area (Å²) in [6.45, 7) is 2.37. The molecule has 1 aliphatic heterocycles. The van der Waals surface area contributed by atoms with Gasteiger partial charge in [-0.15, -0.1) is 0 Å². The molecule has 3 aliphatic carbocycles. The topological polar surface area (TPSA) is 66.5 Å².